The van der Waals surface area contributed by atoms with Crippen LogP contribution in [0.25, 0.3) is 10.9 Å². The second kappa shape index (κ2) is 5.85. The standard InChI is InChI=1S/C16H20FN3O/c1-19-6-8-20(9-7-19)16(21)5-2-12-11-18-15-10-13(17)3-4-14(12)15/h3-4,10-11,18H,2,5-9H2,1H3. The summed E-state index contributed by atoms with van der Waals surface area (Å²) in [6.45, 7) is 3.51. The van der Waals surface area contributed by atoms with Gasteiger partial charge in [-0.2, -0.15) is 0 Å². The summed E-state index contributed by atoms with van der Waals surface area (Å²) in [5, 5.41) is 1.00. The second-order valence-corrected chi connectivity index (χ2v) is 5.69. The van der Waals surface area contributed by atoms with Gasteiger partial charge >= 0.3 is 0 Å². The normalized spacial score (nSPS) is 16.6. The average molecular weight is 289 g/mol. The first-order valence-electron chi connectivity index (χ1n) is 7.35. The fourth-order valence-corrected chi connectivity index (χ4v) is 2.82. The molecule has 1 fully saturated rings. The molecule has 112 valence electrons. The van der Waals surface area contributed by atoms with Crippen LogP contribution in [0, 0.1) is 5.82 Å². The van der Waals surface area contributed by atoms with Gasteiger partial charge < -0.3 is 14.8 Å². The lowest BCUT2D eigenvalue weighted by atomic mass is 10.1. The SMILES string of the molecule is CN1CCN(C(=O)CCc2c[nH]c3cc(F)ccc23)CC1. The first-order chi connectivity index (χ1) is 10.1. The topological polar surface area (TPSA) is 39.3 Å². The Kier molecular flexibility index (Phi) is 3.92. The first kappa shape index (κ1) is 14.1. The molecule has 0 radical (unpaired) electrons. The summed E-state index contributed by atoms with van der Waals surface area (Å²) in [7, 11) is 2.08. The second-order valence-electron chi connectivity index (χ2n) is 5.69. The number of aromatic amines is 1. The molecule has 0 aliphatic carbocycles. The molecule has 2 aromatic rings. The van der Waals surface area contributed by atoms with E-state index in [0.29, 0.717) is 12.8 Å². The fourth-order valence-electron chi connectivity index (χ4n) is 2.82. The van der Waals surface area contributed by atoms with Gasteiger partial charge in [0.25, 0.3) is 0 Å². The molecule has 4 nitrogen and oxygen atoms in total. The number of rotatable bonds is 3. The van der Waals surface area contributed by atoms with E-state index in [0.717, 1.165) is 42.6 Å². The van der Waals surface area contributed by atoms with Crippen LogP contribution in [0.2, 0.25) is 0 Å². The summed E-state index contributed by atoms with van der Waals surface area (Å²) in [4.78, 5) is 19.5. The zero-order valence-electron chi connectivity index (χ0n) is 12.2. The van der Waals surface area contributed by atoms with Gasteiger partial charge in [-0.25, -0.2) is 4.39 Å². The maximum Gasteiger partial charge on any atom is 0.222 e. The Morgan fingerprint density at radius 1 is 1.29 bits per heavy atom. The lowest BCUT2D eigenvalue weighted by Crippen LogP contribution is -2.47. The number of H-pyrrole nitrogens is 1. The molecule has 2 heterocycles. The number of carbonyl (C=O) groups is 1. The number of fused-ring (bicyclic) bond motifs is 1. The van der Waals surface area contributed by atoms with E-state index in [-0.39, 0.29) is 11.7 Å². The predicted molar refractivity (Wildman–Crippen MR) is 80.7 cm³/mol. The zero-order valence-corrected chi connectivity index (χ0v) is 12.2. The molecule has 1 aromatic carbocycles. The van der Waals surface area contributed by atoms with Crippen molar-refractivity contribution in [2.24, 2.45) is 0 Å². The van der Waals surface area contributed by atoms with Gasteiger partial charge in [-0.3, -0.25) is 4.79 Å². The van der Waals surface area contributed by atoms with Crippen LogP contribution in [0.15, 0.2) is 24.4 Å². The highest BCUT2D eigenvalue weighted by molar-refractivity contribution is 5.84. The van der Waals surface area contributed by atoms with Crippen LogP contribution >= 0.6 is 0 Å². The fraction of sp³-hybridized carbons (Fsp3) is 0.438. The molecule has 21 heavy (non-hydrogen) atoms. The maximum atomic E-state index is 13.1. The average Bonchev–Trinajstić information content (AvgIpc) is 2.87. The van der Waals surface area contributed by atoms with Crippen molar-refractivity contribution < 1.29 is 9.18 Å². The molecule has 1 aliphatic heterocycles. The van der Waals surface area contributed by atoms with Crippen molar-refractivity contribution in [3.63, 3.8) is 0 Å². The summed E-state index contributed by atoms with van der Waals surface area (Å²) in [6, 6.07) is 4.72. The molecule has 0 bridgehead atoms. The van der Waals surface area contributed by atoms with E-state index in [9.17, 15) is 9.18 Å². The number of hydrogen-bond acceptors (Lipinski definition) is 2. The lowest BCUT2D eigenvalue weighted by Gasteiger charge is -2.32. The van der Waals surface area contributed by atoms with Gasteiger partial charge in [-0.1, -0.05) is 0 Å². The lowest BCUT2D eigenvalue weighted by molar-refractivity contribution is -0.132. The number of aryl methyl sites for hydroxylation is 1. The van der Waals surface area contributed by atoms with Crippen LogP contribution < -0.4 is 0 Å². The van der Waals surface area contributed by atoms with Crippen LogP contribution in [0.3, 0.4) is 0 Å². The van der Waals surface area contributed by atoms with Crippen LogP contribution in [0.1, 0.15) is 12.0 Å². The monoisotopic (exact) mass is 289 g/mol. The number of nitrogens with one attached hydrogen (secondary N) is 1. The number of piperazine rings is 1. The number of likely N-dealkylation sites (N-methyl/N-ethyl adjacent to an activating group) is 1. The van der Waals surface area contributed by atoms with Crippen LogP contribution in [-0.4, -0.2) is 53.9 Å². The van der Waals surface area contributed by atoms with Crippen LogP contribution in [-0.2, 0) is 11.2 Å². The van der Waals surface area contributed by atoms with Gasteiger partial charge in [0.05, 0.1) is 0 Å². The van der Waals surface area contributed by atoms with Crippen molar-refractivity contribution in [2.45, 2.75) is 12.8 Å². The minimum atomic E-state index is -0.246. The number of amides is 1. The van der Waals surface area contributed by atoms with E-state index in [4.69, 9.17) is 0 Å². The van der Waals surface area contributed by atoms with Gasteiger partial charge in [-0.15, -0.1) is 0 Å². The number of benzene rings is 1. The largest absolute Gasteiger partial charge is 0.361 e. The van der Waals surface area contributed by atoms with Crippen molar-refractivity contribution in [1.82, 2.24) is 14.8 Å². The summed E-state index contributed by atoms with van der Waals surface area (Å²) in [5.74, 6) is -0.0380. The molecule has 0 unspecified atom stereocenters. The molecule has 0 saturated carbocycles. The van der Waals surface area contributed by atoms with E-state index in [1.165, 1.54) is 12.1 Å². The van der Waals surface area contributed by atoms with E-state index in [1.54, 1.807) is 6.07 Å². The Morgan fingerprint density at radius 2 is 2.05 bits per heavy atom. The molecule has 1 saturated heterocycles. The third kappa shape index (κ3) is 3.08. The van der Waals surface area contributed by atoms with Gasteiger partial charge in [0, 0.05) is 49.7 Å². The van der Waals surface area contributed by atoms with E-state index in [2.05, 4.69) is 16.9 Å². The molecule has 1 amide bonds. The van der Waals surface area contributed by atoms with Gasteiger partial charge in [0.2, 0.25) is 5.91 Å². The number of hydrogen-bond donors (Lipinski definition) is 1. The van der Waals surface area contributed by atoms with Gasteiger partial charge in [0.1, 0.15) is 5.82 Å². The van der Waals surface area contributed by atoms with E-state index in [1.807, 2.05) is 11.1 Å². The van der Waals surface area contributed by atoms with E-state index < -0.39 is 0 Å². The van der Waals surface area contributed by atoms with Crippen molar-refractivity contribution >= 4 is 16.8 Å². The minimum absolute atomic E-state index is 0.208. The smallest absolute Gasteiger partial charge is 0.222 e. The van der Waals surface area contributed by atoms with Crippen LogP contribution in [0.5, 0.6) is 0 Å². The maximum absolute atomic E-state index is 13.1. The Labute approximate surface area is 123 Å². The summed E-state index contributed by atoms with van der Waals surface area (Å²) >= 11 is 0. The van der Waals surface area contributed by atoms with E-state index >= 15 is 0 Å². The molecule has 3 rings (SSSR count). The summed E-state index contributed by atoms with van der Waals surface area (Å²) < 4.78 is 13.1. The molecule has 1 aromatic heterocycles. The van der Waals surface area contributed by atoms with Crippen molar-refractivity contribution in [1.29, 1.82) is 0 Å². The highest BCUT2D eigenvalue weighted by Gasteiger charge is 2.19. The van der Waals surface area contributed by atoms with Crippen LogP contribution in [0.4, 0.5) is 4.39 Å². The molecule has 1 aliphatic rings. The highest BCUT2D eigenvalue weighted by atomic mass is 19.1. The molecule has 0 spiro atoms. The Balaban J connectivity index is 1.62. The quantitative estimate of drug-likeness (QED) is 0.939. The number of aromatic nitrogens is 1. The molecule has 0 atom stereocenters. The molecule has 5 heteroatoms. The summed E-state index contributed by atoms with van der Waals surface area (Å²) in [6.07, 6.45) is 3.08. The van der Waals surface area contributed by atoms with Crippen molar-refractivity contribution in [3.05, 3.63) is 35.8 Å². The Bertz CT molecular complexity index is 644. The molecule has 1 N–H and O–H groups in total. The van der Waals surface area contributed by atoms with Gasteiger partial charge in [-0.05, 0) is 37.2 Å². The number of halogens is 1. The van der Waals surface area contributed by atoms with Crippen molar-refractivity contribution in [3.8, 4) is 0 Å². The number of nitrogens with zero attached hydrogens (tertiary/aromatic N) is 2. The zero-order chi connectivity index (χ0) is 14.8. The molecular formula is C16H20FN3O. The van der Waals surface area contributed by atoms with Crippen molar-refractivity contribution in [2.75, 3.05) is 33.2 Å². The minimum Gasteiger partial charge on any atom is -0.361 e. The first-order valence-corrected chi connectivity index (χ1v) is 7.35. The Hall–Kier alpha value is -1.88. The Morgan fingerprint density at radius 3 is 2.81 bits per heavy atom. The third-order valence-corrected chi connectivity index (χ3v) is 4.19. The highest BCUT2D eigenvalue weighted by Crippen LogP contribution is 2.20. The number of carbonyl (C=O) groups excluding carboxylic acids is 1. The third-order valence-electron chi connectivity index (χ3n) is 4.19. The summed E-state index contributed by atoms with van der Waals surface area (Å²) in [5.41, 5.74) is 1.87. The van der Waals surface area contributed by atoms with Gasteiger partial charge in [0.15, 0.2) is 0 Å². The predicted octanol–water partition coefficient (Wildman–Crippen LogP) is 2.01. The molecular weight excluding hydrogens is 269 g/mol.